The van der Waals surface area contributed by atoms with Gasteiger partial charge < -0.3 is 4.42 Å². The van der Waals surface area contributed by atoms with E-state index in [9.17, 15) is 4.79 Å². The van der Waals surface area contributed by atoms with Crippen molar-refractivity contribution in [2.75, 3.05) is 11.9 Å². The van der Waals surface area contributed by atoms with Crippen LogP contribution in [-0.4, -0.2) is 22.3 Å². The van der Waals surface area contributed by atoms with E-state index in [1.165, 1.54) is 23.0 Å². The quantitative estimate of drug-likeness (QED) is 0.744. The number of carbonyl (C=O) groups excluding carboxylic acids is 1. The third-order valence-electron chi connectivity index (χ3n) is 4.13. The molecule has 7 heteroatoms. The van der Waals surface area contributed by atoms with Crippen LogP contribution in [0.2, 0.25) is 5.02 Å². The smallest absolute Gasteiger partial charge is 0.260 e. The van der Waals surface area contributed by atoms with E-state index in [-0.39, 0.29) is 5.91 Å². The maximum Gasteiger partial charge on any atom is 0.260 e. The van der Waals surface area contributed by atoms with Crippen LogP contribution >= 0.6 is 22.9 Å². The summed E-state index contributed by atoms with van der Waals surface area (Å²) in [5.41, 5.74) is 2.82. The number of halogens is 1. The molecule has 1 N–H and O–H groups in total. The number of hydrogen-bond donors (Lipinski definition) is 1. The Bertz CT molecular complexity index is 874. The average molecular weight is 374 g/mol. The van der Waals surface area contributed by atoms with Gasteiger partial charge in [0.25, 0.3) is 5.91 Å². The molecular weight excluding hydrogens is 358 g/mol. The molecular formula is C18H16ClN3O2S. The molecule has 1 aliphatic rings. The van der Waals surface area contributed by atoms with Crippen LogP contribution in [0.1, 0.15) is 26.5 Å². The van der Waals surface area contributed by atoms with Gasteiger partial charge >= 0.3 is 0 Å². The molecule has 25 heavy (non-hydrogen) atoms. The maximum atomic E-state index is 12.1. The van der Waals surface area contributed by atoms with E-state index in [0.29, 0.717) is 10.7 Å². The average Bonchev–Trinajstić information content (AvgIpc) is 3.26. The van der Waals surface area contributed by atoms with Gasteiger partial charge in [0.1, 0.15) is 6.26 Å². The van der Waals surface area contributed by atoms with Crippen LogP contribution < -0.4 is 5.32 Å². The van der Waals surface area contributed by atoms with Gasteiger partial charge in [0.05, 0.1) is 17.5 Å². The fourth-order valence-electron chi connectivity index (χ4n) is 2.85. The summed E-state index contributed by atoms with van der Waals surface area (Å²) in [4.78, 5) is 20.3. The van der Waals surface area contributed by atoms with Gasteiger partial charge in [-0.2, -0.15) is 0 Å². The Hall–Kier alpha value is -2.15. The van der Waals surface area contributed by atoms with Crippen LogP contribution in [0.15, 0.2) is 47.3 Å². The monoisotopic (exact) mass is 373 g/mol. The number of anilines is 1. The molecule has 128 valence electrons. The Morgan fingerprint density at radius 1 is 1.32 bits per heavy atom. The first-order chi connectivity index (χ1) is 12.2. The Balaban J connectivity index is 1.42. The second-order valence-electron chi connectivity index (χ2n) is 5.94. The lowest BCUT2D eigenvalue weighted by molar-refractivity contribution is 0.102. The molecule has 0 saturated carbocycles. The molecule has 3 aromatic rings. The summed E-state index contributed by atoms with van der Waals surface area (Å²) in [5.74, 6) is -0.196. The number of carbonyl (C=O) groups is 1. The fourth-order valence-corrected chi connectivity index (χ4v) is 4.02. The number of hydrogen-bond acceptors (Lipinski definition) is 5. The third-order valence-corrected chi connectivity index (χ3v) is 5.38. The zero-order chi connectivity index (χ0) is 17.2. The lowest BCUT2D eigenvalue weighted by Gasteiger charge is -2.25. The number of thiazole rings is 1. The molecule has 2 aromatic heterocycles. The molecule has 0 bridgehead atoms. The summed E-state index contributed by atoms with van der Waals surface area (Å²) in [7, 11) is 0. The van der Waals surface area contributed by atoms with E-state index < -0.39 is 0 Å². The number of amides is 1. The van der Waals surface area contributed by atoms with Crippen molar-refractivity contribution in [2.45, 2.75) is 19.5 Å². The minimum Gasteiger partial charge on any atom is -0.472 e. The van der Waals surface area contributed by atoms with Gasteiger partial charge in [-0.3, -0.25) is 15.0 Å². The van der Waals surface area contributed by atoms with E-state index >= 15 is 0 Å². The highest BCUT2D eigenvalue weighted by Crippen LogP contribution is 2.29. The molecule has 3 heterocycles. The van der Waals surface area contributed by atoms with Crippen LogP contribution in [0.4, 0.5) is 5.13 Å². The van der Waals surface area contributed by atoms with Gasteiger partial charge in [0.2, 0.25) is 0 Å². The summed E-state index contributed by atoms with van der Waals surface area (Å²) in [6.45, 7) is 2.68. The highest BCUT2D eigenvalue weighted by Gasteiger charge is 2.21. The summed E-state index contributed by atoms with van der Waals surface area (Å²) in [6, 6.07) is 9.59. The van der Waals surface area contributed by atoms with Gasteiger partial charge in [0, 0.05) is 36.0 Å². The standard InChI is InChI=1S/C18H16ClN3O2S/c19-14-3-1-12(2-4-14)9-22-7-5-15-16(10-22)25-18(20-15)21-17(23)13-6-8-24-11-13/h1-4,6,8,11H,5,7,9-10H2,(H,20,21,23). The summed E-state index contributed by atoms with van der Waals surface area (Å²) in [5, 5.41) is 4.25. The second kappa shape index (κ2) is 7.00. The molecule has 0 atom stereocenters. The SMILES string of the molecule is O=C(Nc1nc2c(s1)CN(Cc1ccc(Cl)cc1)CC2)c1ccoc1. The number of nitrogens with one attached hydrogen (secondary N) is 1. The molecule has 0 unspecified atom stereocenters. The molecule has 0 aliphatic carbocycles. The Morgan fingerprint density at radius 2 is 2.16 bits per heavy atom. The predicted octanol–water partition coefficient (Wildman–Crippen LogP) is 4.20. The second-order valence-corrected chi connectivity index (χ2v) is 7.46. The largest absolute Gasteiger partial charge is 0.472 e. The van der Waals surface area contributed by atoms with Crippen molar-refractivity contribution in [3.05, 3.63) is 69.6 Å². The highest BCUT2D eigenvalue weighted by atomic mass is 35.5. The number of benzene rings is 1. The van der Waals surface area contributed by atoms with Gasteiger partial charge in [-0.25, -0.2) is 4.98 Å². The van der Waals surface area contributed by atoms with E-state index in [4.69, 9.17) is 16.0 Å². The molecule has 0 radical (unpaired) electrons. The Morgan fingerprint density at radius 3 is 2.92 bits per heavy atom. The van der Waals surface area contributed by atoms with Gasteiger partial charge in [0.15, 0.2) is 5.13 Å². The van der Waals surface area contributed by atoms with Crippen molar-refractivity contribution in [2.24, 2.45) is 0 Å². The zero-order valence-corrected chi connectivity index (χ0v) is 14.9. The summed E-state index contributed by atoms with van der Waals surface area (Å²) < 4.78 is 4.94. The molecule has 0 fully saturated rings. The molecule has 1 aliphatic heterocycles. The fraction of sp³-hybridized carbons (Fsp3) is 0.222. The first-order valence-electron chi connectivity index (χ1n) is 7.96. The maximum absolute atomic E-state index is 12.1. The molecule has 0 saturated heterocycles. The highest BCUT2D eigenvalue weighted by molar-refractivity contribution is 7.15. The normalized spacial score (nSPS) is 14.3. The molecule has 1 aromatic carbocycles. The Kier molecular flexibility index (Phi) is 4.57. The van der Waals surface area contributed by atoms with Gasteiger partial charge in [-0.15, -0.1) is 11.3 Å². The number of fused-ring (bicyclic) bond motifs is 1. The first-order valence-corrected chi connectivity index (χ1v) is 9.16. The van der Waals surface area contributed by atoms with Crippen molar-refractivity contribution in [3.63, 3.8) is 0 Å². The molecule has 4 rings (SSSR count). The lowest BCUT2D eigenvalue weighted by atomic mass is 10.1. The minimum atomic E-state index is -0.196. The molecule has 5 nitrogen and oxygen atoms in total. The molecule has 0 spiro atoms. The number of rotatable bonds is 4. The molecule has 1 amide bonds. The number of nitrogens with zero attached hydrogens (tertiary/aromatic N) is 2. The van der Waals surface area contributed by atoms with Crippen molar-refractivity contribution >= 4 is 34.0 Å². The summed E-state index contributed by atoms with van der Waals surface area (Å²) in [6.07, 6.45) is 3.80. The van der Waals surface area contributed by atoms with E-state index in [1.54, 1.807) is 17.4 Å². The van der Waals surface area contributed by atoms with Crippen molar-refractivity contribution in [1.82, 2.24) is 9.88 Å². The number of furan rings is 1. The first kappa shape index (κ1) is 16.3. The van der Waals surface area contributed by atoms with E-state index in [0.717, 1.165) is 36.8 Å². The third kappa shape index (κ3) is 3.76. The predicted molar refractivity (Wildman–Crippen MR) is 98.0 cm³/mol. The number of aromatic nitrogens is 1. The van der Waals surface area contributed by atoms with Crippen LogP contribution in [0.3, 0.4) is 0 Å². The Labute approximate surface area is 154 Å². The van der Waals surface area contributed by atoms with E-state index in [2.05, 4.69) is 27.3 Å². The van der Waals surface area contributed by atoms with Crippen LogP contribution in [0.5, 0.6) is 0 Å². The van der Waals surface area contributed by atoms with Crippen molar-refractivity contribution < 1.29 is 9.21 Å². The van der Waals surface area contributed by atoms with Crippen LogP contribution in [0.25, 0.3) is 0 Å². The van der Waals surface area contributed by atoms with Gasteiger partial charge in [-0.05, 0) is 23.8 Å². The van der Waals surface area contributed by atoms with E-state index in [1.807, 2.05) is 12.1 Å². The van der Waals surface area contributed by atoms with Crippen LogP contribution in [-0.2, 0) is 19.5 Å². The van der Waals surface area contributed by atoms with Crippen LogP contribution in [0, 0.1) is 0 Å². The summed E-state index contributed by atoms with van der Waals surface area (Å²) >= 11 is 7.48. The van der Waals surface area contributed by atoms with Gasteiger partial charge in [-0.1, -0.05) is 23.7 Å². The minimum absolute atomic E-state index is 0.196. The topological polar surface area (TPSA) is 58.4 Å². The van der Waals surface area contributed by atoms with Crippen molar-refractivity contribution in [3.8, 4) is 0 Å². The van der Waals surface area contributed by atoms with Crippen molar-refractivity contribution in [1.29, 1.82) is 0 Å². The zero-order valence-electron chi connectivity index (χ0n) is 13.4. The lowest BCUT2D eigenvalue weighted by Crippen LogP contribution is -2.29.